The molecule has 0 fully saturated rings. The smallest absolute Gasteiger partial charge is 0.306 e. The molecule has 8 nitrogen and oxygen atoms in total. The third-order valence-corrected chi connectivity index (χ3v) is 4.34. The van der Waals surface area contributed by atoms with Crippen molar-refractivity contribution in [1.82, 2.24) is 4.72 Å². The van der Waals surface area contributed by atoms with Gasteiger partial charge >= 0.3 is 6.03 Å². The van der Waals surface area contributed by atoms with E-state index in [4.69, 9.17) is 5.14 Å². The first-order valence-corrected chi connectivity index (χ1v) is 7.24. The molecule has 0 unspecified atom stereocenters. The number of benzene rings is 1. The van der Waals surface area contributed by atoms with Crippen LogP contribution in [0.3, 0.4) is 0 Å². The summed E-state index contributed by atoms with van der Waals surface area (Å²) >= 11 is 0. The van der Waals surface area contributed by atoms with E-state index in [0.29, 0.717) is 0 Å². The molecule has 1 aromatic carbocycles. The number of urea groups is 1. The van der Waals surface area contributed by atoms with Gasteiger partial charge in [0.1, 0.15) is 4.90 Å². The Kier molecular flexibility index (Phi) is 2.38. The first-order chi connectivity index (χ1) is 7.70. The number of anilines is 1. The summed E-state index contributed by atoms with van der Waals surface area (Å²) in [5, 5.41) is 7.07. The van der Waals surface area contributed by atoms with E-state index in [1.807, 2.05) is 0 Å². The Balaban J connectivity index is 2.70. The molecule has 10 heteroatoms. The molecule has 0 aliphatic carbocycles. The molecule has 2 rings (SSSR count). The second kappa shape index (κ2) is 3.42. The summed E-state index contributed by atoms with van der Waals surface area (Å²) in [5.74, 6) is 0. The van der Waals surface area contributed by atoms with Crippen LogP contribution in [0.2, 0.25) is 0 Å². The quantitative estimate of drug-likeness (QED) is 0.614. The third-order valence-electron chi connectivity index (χ3n) is 2.04. The maximum atomic E-state index is 11.5. The Morgan fingerprint density at radius 2 is 1.88 bits per heavy atom. The van der Waals surface area contributed by atoms with E-state index in [2.05, 4.69) is 5.32 Å². The molecule has 92 valence electrons. The molecule has 0 radical (unpaired) electrons. The average Bonchev–Trinajstić information content (AvgIpc) is 2.13. The zero-order valence-corrected chi connectivity index (χ0v) is 9.80. The van der Waals surface area contributed by atoms with Crippen molar-refractivity contribution in [2.75, 3.05) is 5.32 Å². The zero-order valence-electron chi connectivity index (χ0n) is 8.17. The Bertz CT molecular complexity index is 707. The molecule has 0 saturated carbocycles. The summed E-state index contributed by atoms with van der Waals surface area (Å²) in [6.45, 7) is 0. The van der Waals surface area contributed by atoms with Crippen LogP contribution in [0.1, 0.15) is 0 Å². The summed E-state index contributed by atoms with van der Waals surface area (Å²) in [4.78, 5) is 10.5. The van der Waals surface area contributed by atoms with Gasteiger partial charge in [-0.1, -0.05) is 0 Å². The molecule has 2 amide bonds. The van der Waals surface area contributed by atoms with Crippen molar-refractivity contribution in [2.45, 2.75) is 9.79 Å². The lowest BCUT2D eigenvalue weighted by molar-refractivity contribution is 0.256. The summed E-state index contributed by atoms with van der Waals surface area (Å²) in [5.41, 5.74) is -0.125. The fourth-order valence-corrected chi connectivity index (χ4v) is 2.93. The van der Waals surface area contributed by atoms with Crippen LogP contribution in [0.5, 0.6) is 0 Å². The number of primary sulfonamides is 1. The SMILES string of the molecule is NS(=O)(=O)c1ccc2c(c1)NC(=O)NS2(=O)=O. The van der Waals surface area contributed by atoms with Crippen LogP contribution >= 0.6 is 0 Å². The normalized spacial score (nSPS) is 17.8. The highest BCUT2D eigenvalue weighted by molar-refractivity contribution is 7.90. The van der Waals surface area contributed by atoms with Crippen molar-refractivity contribution in [2.24, 2.45) is 5.14 Å². The van der Waals surface area contributed by atoms with E-state index < -0.39 is 26.1 Å². The lowest BCUT2D eigenvalue weighted by Gasteiger charge is -2.18. The number of nitrogens with one attached hydrogen (secondary N) is 2. The third kappa shape index (κ3) is 2.09. The van der Waals surface area contributed by atoms with Gasteiger partial charge in [0.25, 0.3) is 10.0 Å². The highest BCUT2D eigenvalue weighted by Gasteiger charge is 2.28. The fourth-order valence-electron chi connectivity index (χ4n) is 1.34. The van der Waals surface area contributed by atoms with E-state index in [-0.39, 0.29) is 15.5 Å². The van der Waals surface area contributed by atoms with Gasteiger partial charge in [-0.2, -0.15) is 0 Å². The van der Waals surface area contributed by atoms with E-state index in [9.17, 15) is 21.6 Å². The van der Waals surface area contributed by atoms with Crippen LogP contribution in [0.15, 0.2) is 28.0 Å². The molecule has 0 aromatic heterocycles. The minimum atomic E-state index is -3.96. The van der Waals surface area contributed by atoms with E-state index in [0.717, 1.165) is 18.2 Å². The molecule has 4 N–H and O–H groups in total. The summed E-state index contributed by atoms with van der Waals surface area (Å²) in [6.07, 6.45) is 0. The van der Waals surface area contributed by atoms with E-state index >= 15 is 0 Å². The number of nitrogens with two attached hydrogens (primary N) is 1. The second-order valence-corrected chi connectivity index (χ2v) is 6.47. The lowest BCUT2D eigenvalue weighted by Crippen LogP contribution is -2.39. The maximum absolute atomic E-state index is 11.5. The predicted octanol–water partition coefficient (Wildman–Crippen LogP) is -0.842. The van der Waals surface area contributed by atoms with Gasteiger partial charge in [0.05, 0.1) is 10.6 Å². The number of hydrogen-bond acceptors (Lipinski definition) is 5. The van der Waals surface area contributed by atoms with Crippen LogP contribution in [0.25, 0.3) is 0 Å². The molecule has 0 spiro atoms. The first-order valence-electron chi connectivity index (χ1n) is 4.21. The van der Waals surface area contributed by atoms with Crippen molar-refractivity contribution < 1.29 is 21.6 Å². The van der Waals surface area contributed by atoms with Gasteiger partial charge in [0, 0.05) is 0 Å². The topological polar surface area (TPSA) is 135 Å². The highest BCUT2D eigenvalue weighted by Crippen LogP contribution is 2.26. The van der Waals surface area contributed by atoms with Crippen molar-refractivity contribution in [3.63, 3.8) is 0 Å². The Labute approximate surface area is 96.9 Å². The van der Waals surface area contributed by atoms with Gasteiger partial charge in [-0.15, -0.1) is 0 Å². The van der Waals surface area contributed by atoms with Crippen molar-refractivity contribution in [1.29, 1.82) is 0 Å². The molecule has 0 atom stereocenters. The standard InChI is InChI=1S/C7H7N3O5S2/c8-16(12,13)4-1-2-6-5(3-4)9-7(11)10-17(6,14)15/h1-3H,(H2,8,12,13)(H2,9,10,11). The monoisotopic (exact) mass is 277 g/mol. The number of sulfonamides is 2. The van der Waals surface area contributed by atoms with Crippen molar-refractivity contribution in [3.8, 4) is 0 Å². The number of hydrogen-bond donors (Lipinski definition) is 3. The first kappa shape index (κ1) is 11.8. The molecule has 1 aliphatic heterocycles. The van der Waals surface area contributed by atoms with Crippen LogP contribution in [0, 0.1) is 0 Å². The lowest BCUT2D eigenvalue weighted by atomic mass is 10.3. The van der Waals surface area contributed by atoms with Gasteiger partial charge in [-0.3, -0.25) is 0 Å². The minimum Gasteiger partial charge on any atom is -0.306 e. The Morgan fingerprint density at radius 1 is 1.24 bits per heavy atom. The summed E-state index contributed by atoms with van der Waals surface area (Å²) in [6, 6.07) is 2.13. The number of fused-ring (bicyclic) bond motifs is 1. The van der Waals surface area contributed by atoms with Gasteiger partial charge < -0.3 is 5.32 Å². The molecule has 0 bridgehead atoms. The maximum Gasteiger partial charge on any atom is 0.333 e. The van der Waals surface area contributed by atoms with E-state index in [1.165, 1.54) is 0 Å². The Morgan fingerprint density at radius 3 is 2.47 bits per heavy atom. The van der Waals surface area contributed by atoms with Gasteiger partial charge in [0.15, 0.2) is 0 Å². The van der Waals surface area contributed by atoms with Gasteiger partial charge in [-0.05, 0) is 18.2 Å². The Hall–Kier alpha value is -1.65. The van der Waals surface area contributed by atoms with Gasteiger partial charge in [-0.25, -0.2) is 31.5 Å². The molecule has 17 heavy (non-hydrogen) atoms. The minimum absolute atomic E-state index is 0.125. The molecule has 0 saturated heterocycles. The average molecular weight is 277 g/mol. The largest absolute Gasteiger partial charge is 0.333 e. The molecule has 1 aliphatic rings. The molecular formula is C7H7N3O5S2. The fraction of sp³-hybridized carbons (Fsp3) is 0. The van der Waals surface area contributed by atoms with Crippen LogP contribution in [-0.2, 0) is 20.0 Å². The van der Waals surface area contributed by atoms with Crippen molar-refractivity contribution in [3.05, 3.63) is 18.2 Å². The highest BCUT2D eigenvalue weighted by atomic mass is 32.2. The molecule has 1 aromatic rings. The number of amides is 2. The van der Waals surface area contributed by atoms with Crippen LogP contribution in [-0.4, -0.2) is 22.9 Å². The zero-order chi connectivity index (χ0) is 12.8. The van der Waals surface area contributed by atoms with Crippen LogP contribution < -0.4 is 15.2 Å². The predicted molar refractivity (Wildman–Crippen MR) is 57.2 cm³/mol. The van der Waals surface area contributed by atoms with Crippen molar-refractivity contribution >= 4 is 31.8 Å². The second-order valence-electron chi connectivity index (χ2n) is 3.26. The van der Waals surface area contributed by atoms with Crippen LogP contribution in [0.4, 0.5) is 10.5 Å². The van der Waals surface area contributed by atoms with Gasteiger partial charge in [0.2, 0.25) is 10.0 Å². The summed E-state index contributed by atoms with van der Waals surface area (Å²) < 4.78 is 46.8. The molecule has 1 heterocycles. The number of rotatable bonds is 1. The molecular weight excluding hydrogens is 270 g/mol. The summed E-state index contributed by atoms with van der Waals surface area (Å²) in [7, 11) is -7.91. The number of carbonyl (C=O) groups is 1. The number of carbonyl (C=O) groups excluding carboxylic acids is 1. The van der Waals surface area contributed by atoms with E-state index in [1.54, 1.807) is 4.72 Å².